The normalized spacial score (nSPS) is 6.86. The molecule has 0 unspecified atom stereocenters. The Morgan fingerprint density at radius 1 is 0.857 bits per heavy atom. The molecule has 0 heterocycles. The van der Waals surface area contributed by atoms with Gasteiger partial charge in [-0.3, -0.25) is 0 Å². The van der Waals surface area contributed by atoms with E-state index < -0.39 is 0 Å². The Labute approximate surface area is 59.1 Å². The fourth-order valence-corrected chi connectivity index (χ4v) is 0.342. The summed E-state index contributed by atoms with van der Waals surface area (Å²) in [6.07, 6.45) is 0. The van der Waals surface area contributed by atoms with E-state index in [2.05, 4.69) is 6.07 Å². The van der Waals surface area contributed by atoms with Crippen LogP contribution in [0.3, 0.4) is 0 Å². The van der Waals surface area contributed by atoms with Crippen LogP contribution in [0.1, 0.15) is 0 Å². The van der Waals surface area contributed by atoms with Crippen LogP contribution in [0.5, 0.6) is 0 Å². The summed E-state index contributed by atoms with van der Waals surface area (Å²) in [4.78, 5) is 0. The molecule has 0 nitrogen and oxygen atoms in total. The van der Waals surface area contributed by atoms with Crippen LogP contribution in [0, 0.1) is 6.07 Å². The zero-order chi connectivity index (χ0) is 4.24. The van der Waals surface area contributed by atoms with Crippen molar-refractivity contribution in [1.82, 2.24) is 0 Å². The van der Waals surface area contributed by atoms with Crippen LogP contribution in [-0.2, 0) is 22.4 Å². The van der Waals surface area contributed by atoms with Gasteiger partial charge in [-0.25, -0.2) is 0 Å². The zero-order valence-electron chi connectivity index (χ0n) is 3.83. The molecule has 0 aromatic heterocycles. The Morgan fingerprint density at radius 2 is 1.43 bits per heavy atom. The fraction of sp³-hybridized carbons (Fsp3) is 0. The van der Waals surface area contributed by atoms with Crippen LogP contribution in [-0.4, -0.2) is 0 Å². The quantitative estimate of drug-likeness (QED) is 0.618. The van der Waals surface area contributed by atoms with E-state index >= 15 is 0 Å². The van der Waals surface area contributed by atoms with Crippen LogP contribution >= 0.6 is 0 Å². The van der Waals surface area contributed by atoms with Gasteiger partial charge in [0.1, 0.15) is 0 Å². The average molecular weight is 258 g/mol. The van der Waals surface area contributed by atoms with Crippen molar-refractivity contribution in [1.29, 1.82) is 0 Å². The van der Waals surface area contributed by atoms with Gasteiger partial charge in [-0.1, -0.05) is 0 Å². The molecule has 0 atom stereocenters. The van der Waals surface area contributed by atoms with E-state index in [0.29, 0.717) is 0 Å². The molecular weight excluding hydrogens is 253 g/mol. The Kier molecular flexibility index (Phi) is 4.10. The molecule has 1 aromatic rings. The Morgan fingerprint density at radius 3 is 1.57 bits per heavy atom. The van der Waals surface area contributed by atoms with Gasteiger partial charge >= 0.3 is 0 Å². The van der Waals surface area contributed by atoms with Gasteiger partial charge in [0.2, 0.25) is 0 Å². The van der Waals surface area contributed by atoms with Gasteiger partial charge in [0.05, 0.1) is 0 Å². The zero-order valence-corrected chi connectivity index (χ0v) is 7.05. The summed E-state index contributed by atoms with van der Waals surface area (Å²) in [7, 11) is 0. The van der Waals surface area contributed by atoms with Crippen molar-refractivity contribution in [3.8, 4) is 0 Å². The monoisotopic (exact) mass is 258 g/mol. The minimum atomic E-state index is 0. The molecule has 0 fully saturated rings. The molecule has 35 valence electrons. The van der Waals surface area contributed by atoms with Crippen molar-refractivity contribution in [3.63, 3.8) is 0 Å². The second-order valence-electron chi connectivity index (χ2n) is 1.08. The summed E-state index contributed by atoms with van der Waals surface area (Å²) in [5.74, 6) is 0. The van der Waals surface area contributed by atoms with Crippen LogP contribution < -0.4 is 0 Å². The molecule has 0 bridgehead atoms. The molecule has 1 rings (SSSR count). The first-order valence-electron chi connectivity index (χ1n) is 1.91. The molecular formula is C6H5Ta-. The third-order valence-corrected chi connectivity index (χ3v) is 0.607. The Hall–Kier alpha value is -0.0397. The molecule has 0 saturated carbocycles. The van der Waals surface area contributed by atoms with E-state index in [1.165, 1.54) is 0 Å². The van der Waals surface area contributed by atoms with Gasteiger partial charge in [-0.15, -0.1) is 0 Å². The van der Waals surface area contributed by atoms with Crippen LogP contribution in [0.2, 0.25) is 0 Å². The maximum atomic E-state index is 2.89. The predicted molar refractivity (Wildman–Crippen MR) is 25.3 cm³/mol. The number of rotatable bonds is 0. The second kappa shape index (κ2) is 4.13. The summed E-state index contributed by atoms with van der Waals surface area (Å²) >= 11 is 0. The standard InChI is InChI=1S/C6H5.Ta/c1-2-4-6-5-3-1;/h1-5H;/q-1;. The van der Waals surface area contributed by atoms with Crippen LogP contribution in [0.25, 0.3) is 0 Å². The largest absolute Gasteiger partial charge is 0.184 e. The second-order valence-corrected chi connectivity index (χ2v) is 1.08. The van der Waals surface area contributed by atoms with E-state index in [1.807, 2.05) is 30.3 Å². The Balaban J connectivity index is 0.000000360. The van der Waals surface area contributed by atoms with E-state index in [-0.39, 0.29) is 22.4 Å². The van der Waals surface area contributed by atoms with Crippen molar-refractivity contribution in [2.75, 3.05) is 0 Å². The van der Waals surface area contributed by atoms with Gasteiger partial charge in [0.25, 0.3) is 0 Å². The molecule has 0 N–H and O–H groups in total. The molecule has 0 aliphatic carbocycles. The van der Waals surface area contributed by atoms with Gasteiger partial charge in [0, 0.05) is 22.4 Å². The van der Waals surface area contributed by atoms with Crippen molar-refractivity contribution in [2.24, 2.45) is 0 Å². The van der Waals surface area contributed by atoms with Crippen molar-refractivity contribution in [2.45, 2.75) is 0 Å². The van der Waals surface area contributed by atoms with Crippen molar-refractivity contribution in [3.05, 3.63) is 36.4 Å². The predicted octanol–water partition coefficient (Wildman–Crippen LogP) is 1.48. The molecule has 0 spiro atoms. The van der Waals surface area contributed by atoms with Crippen molar-refractivity contribution >= 4 is 0 Å². The number of hydrogen-bond acceptors (Lipinski definition) is 0. The molecule has 7 heavy (non-hydrogen) atoms. The van der Waals surface area contributed by atoms with Crippen LogP contribution in [0.15, 0.2) is 30.3 Å². The smallest absolute Gasteiger partial charge is 0 e. The number of hydrogen-bond donors (Lipinski definition) is 0. The molecule has 0 amide bonds. The topological polar surface area (TPSA) is 0 Å². The molecule has 1 heteroatoms. The molecule has 0 saturated heterocycles. The Bertz CT molecular complexity index is 76.1. The first-order valence-corrected chi connectivity index (χ1v) is 1.91. The maximum absolute atomic E-state index is 2.89. The summed E-state index contributed by atoms with van der Waals surface area (Å²) in [5.41, 5.74) is 0. The first-order chi connectivity index (χ1) is 3.00. The third kappa shape index (κ3) is 2.63. The minimum Gasteiger partial charge on any atom is -0.184 e. The molecule has 0 aliphatic rings. The minimum absolute atomic E-state index is 0. The van der Waals surface area contributed by atoms with Gasteiger partial charge < -0.3 is 0 Å². The average Bonchev–Trinajstić information content (AvgIpc) is 1.72. The summed E-state index contributed by atoms with van der Waals surface area (Å²) in [6.45, 7) is 0. The van der Waals surface area contributed by atoms with E-state index in [0.717, 1.165) is 0 Å². The molecule has 1 radical (unpaired) electrons. The van der Waals surface area contributed by atoms with Crippen molar-refractivity contribution < 1.29 is 22.4 Å². The summed E-state index contributed by atoms with van der Waals surface area (Å²) in [6, 6.07) is 12.5. The van der Waals surface area contributed by atoms with Gasteiger partial charge in [-0.2, -0.15) is 36.4 Å². The van der Waals surface area contributed by atoms with E-state index in [9.17, 15) is 0 Å². The van der Waals surface area contributed by atoms with Gasteiger partial charge in [-0.05, 0) is 0 Å². The van der Waals surface area contributed by atoms with Gasteiger partial charge in [0.15, 0.2) is 0 Å². The third-order valence-electron chi connectivity index (χ3n) is 0.607. The SMILES string of the molecule is [Ta].[c-]1ccccc1. The fourth-order valence-electron chi connectivity index (χ4n) is 0.342. The van der Waals surface area contributed by atoms with E-state index in [1.54, 1.807) is 0 Å². The summed E-state index contributed by atoms with van der Waals surface area (Å²) in [5, 5.41) is 0. The summed E-state index contributed by atoms with van der Waals surface area (Å²) < 4.78 is 0. The maximum Gasteiger partial charge on any atom is 0 e. The number of benzene rings is 1. The molecule has 1 aromatic carbocycles. The van der Waals surface area contributed by atoms with Crippen LogP contribution in [0.4, 0.5) is 0 Å². The first kappa shape index (κ1) is 6.96. The van der Waals surface area contributed by atoms with E-state index in [4.69, 9.17) is 0 Å². The molecule has 0 aliphatic heterocycles.